The minimum absolute atomic E-state index is 0.00117. The summed E-state index contributed by atoms with van der Waals surface area (Å²) in [6, 6.07) is 15.6. The highest BCUT2D eigenvalue weighted by Gasteiger charge is 2.27. The maximum absolute atomic E-state index is 12.7. The largest absolute Gasteiger partial charge is 0.338 e. The van der Waals surface area contributed by atoms with Gasteiger partial charge in [-0.1, -0.05) is 48.0 Å². The zero-order valence-electron chi connectivity index (χ0n) is 12.3. The maximum atomic E-state index is 12.7. The van der Waals surface area contributed by atoms with Gasteiger partial charge in [0, 0.05) is 13.1 Å². The third kappa shape index (κ3) is 3.01. The number of amides is 1. The Labute approximate surface area is 135 Å². The number of nitrogens with two attached hydrogens (primary N) is 1. The summed E-state index contributed by atoms with van der Waals surface area (Å²) in [4.78, 5) is 14.6. The number of hydrogen-bond donors (Lipinski definition) is 1. The highest BCUT2D eigenvalue weighted by Crippen LogP contribution is 2.27. The van der Waals surface area contributed by atoms with Crippen molar-refractivity contribution in [3.8, 4) is 11.1 Å². The van der Waals surface area contributed by atoms with E-state index in [1.807, 2.05) is 47.4 Å². The zero-order valence-corrected chi connectivity index (χ0v) is 13.1. The molecule has 3 nitrogen and oxygen atoms in total. The molecule has 2 aromatic carbocycles. The van der Waals surface area contributed by atoms with E-state index >= 15 is 0 Å². The molecule has 2 aromatic rings. The molecule has 2 N–H and O–H groups in total. The van der Waals surface area contributed by atoms with Gasteiger partial charge in [0.25, 0.3) is 5.91 Å². The Morgan fingerprint density at radius 1 is 1.18 bits per heavy atom. The molecule has 1 atom stereocenters. The van der Waals surface area contributed by atoms with Crippen molar-refractivity contribution >= 4 is 17.5 Å². The molecule has 1 aliphatic rings. The summed E-state index contributed by atoms with van der Waals surface area (Å²) in [5.41, 5.74) is 8.35. The third-order valence-electron chi connectivity index (χ3n) is 4.21. The first-order valence-corrected chi connectivity index (χ1v) is 7.91. The number of rotatable bonds is 3. The normalized spacial score (nSPS) is 17.7. The summed E-state index contributed by atoms with van der Waals surface area (Å²) in [6.07, 6.45) is 0.970. The van der Waals surface area contributed by atoms with Crippen LogP contribution in [0.4, 0.5) is 0 Å². The first-order valence-electron chi connectivity index (χ1n) is 7.53. The predicted molar refractivity (Wildman–Crippen MR) is 90.0 cm³/mol. The second-order valence-electron chi connectivity index (χ2n) is 5.70. The molecule has 22 heavy (non-hydrogen) atoms. The lowest BCUT2D eigenvalue weighted by Crippen LogP contribution is -2.30. The van der Waals surface area contributed by atoms with Crippen molar-refractivity contribution in [3.63, 3.8) is 0 Å². The Kier molecular flexibility index (Phi) is 4.46. The summed E-state index contributed by atoms with van der Waals surface area (Å²) >= 11 is 6.26. The fraction of sp³-hybridized carbons (Fsp3) is 0.278. The molecule has 1 saturated heterocycles. The number of benzene rings is 2. The van der Waals surface area contributed by atoms with E-state index in [4.69, 9.17) is 17.3 Å². The van der Waals surface area contributed by atoms with Crippen molar-refractivity contribution in [1.29, 1.82) is 0 Å². The molecule has 114 valence electrons. The van der Waals surface area contributed by atoms with Crippen LogP contribution < -0.4 is 5.73 Å². The van der Waals surface area contributed by atoms with E-state index in [1.165, 1.54) is 0 Å². The second-order valence-corrected chi connectivity index (χ2v) is 6.11. The van der Waals surface area contributed by atoms with Gasteiger partial charge in [-0.25, -0.2) is 0 Å². The second kappa shape index (κ2) is 6.51. The lowest BCUT2D eigenvalue weighted by atomic mass is 10.0. The molecular weight excluding hydrogens is 296 g/mol. The van der Waals surface area contributed by atoms with E-state index in [0.29, 0.717) is 23.0 Å². The average Bonchev–Trinajstić information content (AvgIpc) is 3.04. The molecule has 1 aliphatic heterocycles. The minimum atomic E-state index is -0.00117. The molecule has 0 saturated carbocycles. The number of carbonyl (C=O) groups excluding carboxylic acids is 1. The first-order chi connectivity index (χ1) is 10.7. The number of carbonyl (C=O) groups is 1. The van der Waals surface area contributed by atoms with Gasteiger partial charge in [-0.05, 0) is 42.1 Å². The summed E-state index contributed by atoms with van der Waals surface area (Å²) in [5, 5.41) is 0.501. The van der Waals surface area contributed by atoms with Crippen LogP contribution in [0, 0.1) is 5.92 Å². The van der Waals surface area contributed by atoms with Crippen molar-refractivity contribution in [2.45, 2.75) is 6.42 Å². The molecule has 0 spiro atoms. The smallest absolute Gasteiger partial charge is 0.255 e. The summed E-state index contributed by atoms with van der Waals surface area (Å²) in [7, 11) is 0. The predicted octanol–water partition coefficient (Wildman–Crippen LogP) is 3.43. The quantitative estimate of drug-likeness (QED) is 0.943. The van der Waals surface area contributed by atoms with Crippen molar-refractivity contribution in [2.24, 2.45) is 11.7 Å². The van der Waals surface area contributed by atoms with Crippen molar-refractivity contribution in [1.82, 2.24) is 4.90 Å². The SMILES string of the molecule is NC[C@@H]1CCN(C(=O)c2cc(-c3ccccc3)ccc2Cl)C1. The van der Waals surface area contributed by atoms with Gasteiger partial charge in [0.1, 0.15) is 0 Å². The van der Waals surface area contributed by atoms with Gasteiger partial charge >= 0.3 is 0 Å². The van der Waals surface area contributed by atoms with Gasteiger partial charge in [-0.2, -0.15) is 0 Å². The lowest BCUT2D eigenvalue weighted by molar-refractivity contribution is 0.0788. The number of hydrogen-bond acceptors (Lipinski definition) is 2. The molecule has 4 heteroatoms. The van der Waals surface area contributed by atoms with Gasteiger partial charge in [0.2, 0.25) is 0 Å². The average molecular weight is 315 g/mol. The highest BCUT2D eigenvalue weighted by atomic mass is 35.5. The maximum Gasteiger partial charge on any atom is 0.255 e. The van der Waals surface area contributed by atoms with Crippen LogP contribution in [0.3, 0.4) is 0 Å². The van der Waals surface area contributed by atoms with Gasteiger partial charge in [0.15, 0.2) is 0 Å². The van der Waals surface area contributed by atoms with Gasteiger partial charge in [-0.3, -0.25) is 4.79 Å². The molecule has 1 fully saturated rings. The van der Waals surface area contributed by atoms with Crippen LogP contribution in [-0.2, 0) is 0 Å². The van der Waals surface area contributed by atoms with Crippen LogP contribution in [0.2, 0.25) is 5.02 Å². The molecule has 0 radical (unpaired) electrons. The zero-order chi connectivity index (χ0) is 15.5. The number of likely N-dealkylation sites (tertiary alicyclic amines) is 1. The number of nitrogens with zero attached hydrogens (tertiary/aromatic N) is 1. The fourth-order valence-corrected chi connectivity index (χ4v) is 3.08. The number of halogens is 1. The van der Waals surface area contributed by atoms with Crippen LogP contribution in [0.1, 0.15) is 16.8 Å². The van der Waals surface area contributed by atoms with Gasteiger partial charge < -0.3 is 10.6 Å². The van der Waals surface area contributed by atoms with Crippen LogP contribution in [0.5, 0.6) is 0 Å². The van der Waals surface area contributed by atoms with Crippen molar-refractivity contribution in [2.75, 3.05) is 19.6 Å². The van der Waals surface area contributed by atoms with E-state index in [9.17, 15) is 4.79 Å². The molecule has 0 aliphatic carbocycles. The van der Waals surface area contributed by atoms with Crippen LogP contribution >= 0.6 is 11.6 Å². The van der Waals surface area contributed by atoms with E-state index < -0.39 is 0 Å². The Morgan fingerprint density at radius 3 is 2.64 bits per heavy atom. The van der Waals surface area contributed by atoms with Gasteiger partial charge in [-0.15, -0.1) is 0 Å². The van der Waals surface area contributed by atoms with E-state index in [1.54, 1.807) is 6.07 Å². The Balaban J connectivity index is 1.89. The monoisotopic (exact) mass is 314 g/mol. The minimum Gasteiger partial charge on any atom is -0.338 e. The molecule has 0 aromatic heterocycles. The summed E-state index contributed by atoms with van der Waals surface area (Å²) in [6.45, 7) is 2.11. The molecular formula is C18H19ClN2O. The molecule has 0 bridgehead atoms. The molecule has 3 rings (SSSR count). The summed E-state index contributed by atoms with van der Waals surface area (Å²) < 4.78 is 0. The Morgan fingerprint density at radius 2 is 1.95 bits per heavy atom. The van der Waals surface area contributed by atoms with Crippen LogP contribution in [0.25, 0.3) is 11.1 Å². The standard InChI is InChI=1S/C18H19ClN2O/c19-17-7-6-15(14-4-2-1-3-5-14)10-16(17)18(22)21-9-8-13(11-20)12-21/h1-7,10,13H,8-9,11-12,20H2/t13-/m0/s1. The summed E-state index contributed by atoms with van der Waals surface area (Å²) in [5.74, 6) is 0.402. The first kappa shape index (κ1) is 15.1. The van der Waals surface area contributed by atoms with E-state index in [0.717, 1.165) is 30.6 Å². The van der Waals surface area contributed by atoms with Crippen LogP contribution in [-0.4, -0.2) is 30.4 Å². The molecule has 1 heterocycles. The van der Waals surface area contributed by atoms with Gasteiger partial charge in [0.05, 0.1) is 10.6 Å². The van der Waals surface area contributed by atoms with Crippen molar-refractivity contribution in [3.05, 3.63) is 59.1 Å². The van der Waals surface area contributed by atoms with Crippen molar-refractivity contribution < 1.29 is 4.79 Å². The molecule has 0 unspecified atom stereocenters. The Bertz CT molecular complexity index is 672. The fourth-order valence-electron chi connectivity index (χ4n) is 2.88. The Hall–Kier alpha value is -1.84. The highest BCUT2D eigenvalue weighted by molar-refractivity contribution is 6.34. The van der Waals surface area contributed by atoms with E-state index in [-0.39, 0.29) is 5.91 Å². The molecule has 1 amide bonds. The third-order valence-corrected chi connectivity index (χ3v) is 4.54. The van der Waals surface area contributed by atoms with E-state index in [2.05, 4.69) is 0 Å². The lowest BCUT2D eigenvalue weighted by Gasteiger charge is -2.17. The topological polar surface area (TPSA) is 46.3 Å². The van der Waals surface area contributed by atoms with Crippen LogP contribution in [0.15, 0.2) is 48.5 Å².